The number of alkyl halides is 3. The number of hydrogen-bond donors (Lipinski definition) is 3. The molecule has 0 saturated heterocycles. The third-order valence-corrected chi connectivity index (χ3v) is 7.17. The van der Waals surface area contributed by atoms with Crippen molar-refractivity contribution in [1.82, 2.24) is 25.3 Å². The summed E-state index contributed by atoms with van der Waals surface area (Å²) in [5, 5.41) is 10.7. The quantitative estimate of drug-likeness (QED) is 0.293. The second-order valence-electron chi connectivity index (χ2n) is 11.9. The zero-order valence-electron chi connectivity index (χ0n) is 25.4. The van der Waals surface area contributed by atoms with Gasteiger partial charge in [0, 0.05) is 18.8 Å². The molecule has 1 atom stereocenters. The minimum absolute atomic E-state index is 0.0739. The Morgan fingerprint density at radius 2 is 1.67 bits per heavy atom. The number of hydrogen-bond acceptors (Lipinski definition) is 5. The fraction of sp³-hybridized carbons (Fsp3) is 0.600. The average molecular weight is 611 g/mol. The van der Waals surface area contributed by atoms with Crippen molar-refractivity contribution in [3.63, 3.8) is 0 Å². The molecule has 1 aromatic carbocycles. The summed E-state index contributed by atoms with van der Waals surface area (Å²) in [4.78, 5) is 38.8. The van der Waals surface area contributed by atoms with Crippen LogP contribution in [0.15, 0.2) is 24.4 Å². The Kier molecular flexibility index (Phi) is 11.7. The predicted octanol–water partition coefficient (Wildman–Crippen LogP) is 5.01. The van der Waals surface area contributed by atoms with Crippen LogP contribution in [-0.4, -0.2) is 65.8 Å². The molecule has 0 radical (unpaired) electrons. The molecular formula is C30H42F4N6O3. The smallest absolute Gasteiger partial charge is 0.346 e. The maximum Gasteiger partial charge on any atom is 0.405 e. The van der Waals surface area contributed by atoms with Crippen LogP contribution in [0.5, 0.6) is 0 Å². The van der Waals surface area contributed by atoms with E-state index in [2.05, 4.69) is 15.7 Å². The van der Waals surface area contributed by atoms with E-state index in [0.29, 0.717) is 5.56 Å². The van der Waals surface area contributed by atoms with Crippen molar-refractivity contribution in [2.24, 2.45) is 11.8 Å². The number of rotatable bonds is 12. The number of nitrogens with zero attached hydrogens (tertiary/aromatic N) is 3. The molecule has 9 nitrogen and oxygen atoms in total. The summed E-state index contributed by atoms with van der Waals surface area (Å²) in [5.41, 5.74) is 0.703. The van der Waals surface area contributed by atoms with Crippen molar-refractivity contribution in [2.45, 2.75) is 77.6 Å². The Bertz CT molecular complexity index is 1260. The Labute approximate surface area is 249 Å². The normalized spacial score (nSPS) is 15.5. The van der Waals surface area contributed by atoms with Gasteiger partial charge in [0.1, 0.15) is 18.1 Å². The largest absolute Gasteiger partial charge is 0.405 e. The number of halogens is 4. The lowest BCUT2D eigenvalue weighted by Crippen LogP contribution is -2.36. The molecule has 238 valence electrons. The van der Waals surface area contributed by atoms with Gasteiger partial charge in [0.05, 0.1) is 18.2 Å². The van der Waals surface area contributed by atoms with E-state index in [1.165, 1.54) is 41.8 Å². The maximum absolute atomic E-state index is 14.9. The fourth-order valence-electron chi connectivity index (χ4n) is 4.62. The van der Waals surface area contributed by atoms with E-state index < -0.39 is 48.7 Å². The molecular weight excluding hydrogens is 568 g/mol. The Balaban J connectivity index is 0.000000620. The van der Waals surface area contributed by atoms with Crippen molar-refractivity contribution in [1.29, 1.82) is 0 Å². The van der Waals surface area contributed by atoms with Crippen molar-refractivity contribution >= 4 is 23.4 Å². The first-order valence-corrected chi connectivity index (χ1v) is 14.6. The Hall–Kier alpha value is -3.48. The van der Waals surface area contributed by atoms with Crippen molar-refractivity contribution in [2.75, 3.05) is 32.5 Å². The van der Waals surface area contributed by atoms with Gasteiger partial charge in [0.15, 0.2) is 0 Å². The molecule has 1 heterocycles. The number of anilines is 1. The zero-order chi connectivity index (χ0) is 31.9. The van der Waals surface area contributed by atoms with Crippen molar-refractivity contribution in [3.05, 3.63) is 47.0 Å². The van der Waals surface area contributed by atoms with Gasteiger partial charge in [-0.2, -0.15) is 18.3 Å². The molecule has 1 aromatic heterocycles. The molecule has 2 fully saturated rings. The van der Waals surface area contributed by atoms with Gasteiger partial charge in [-0.1, -0.05) is 25.7 Å². The lowest BCUT2D eigenvalue weighted by molar-refractivity contribution is -0.139. The zero-order valence-corrected chi connectivity index (χ0v) is 25.4. The molecule has 2 aliphatic carbocycles. The number of carbonyl (C=O) groups is 3. The van der Waals surface area contributed by atoms with Crippen LogP contribution in [-0.2, 0) is 16.1 Å². The molecule has 43 heavy (non-hydrogen) atoms. The van der Waals surface area contributed by atoms with E-state index in [0.717, 1.165) is 6.07 Å². The van der Waals surface area contributed by atoms with Crippen molar-refractivity contribution < 1.29 is 31.9 Å². The van der Waals surface area contributed by atoms with E-state index in [1.807, 2.05) is 13.8 Å². The second kappa shape index (κ2) is 14.8. The van der Waals surface area contributed by atoms with Gasteiger partial charge in [-0.15, -0.1) is 0 Å². The molecule has 4 rings (SSSR count). The highest BCUT2D eigenvalue weighted by molar-refractivity contribution is 5.98. The molecule has 3 amide bonds. The lowest BCUT2D eigenvalue weighted by Gasteiger charge is -2.21. The standard InChI is InChI=1S/C23H30F4N6O3.C7H12/c1-13(2)33-19(6-7-30-33)22(36)28-10-20(34)31-18-8-15(11-32(4)5)16(9-17(18)24)14(3)21(35)29-12-23(25,26)27;1-2-6(1)5-7-3-4-7/h6-9,13-14H,10-12H2,1-5H3,(H,28,36)(H,29,35)(H,31,34);6-7H,1-5H2. The van der Waals surface area contributed by atoms with Gasteiger partial charge in [-0.05, 0) is 82.4 Å². The van der Waals surface area contributed by atoms with Crippen LogP contribution in [0.25, 0.3) is 0 Å². The van der Waals surface area contributed by atoms with Gasteiger partial charge in [0.25, 0.3) is 5.91 Å². The summed E-state index contributed by atoms with van der Waals surface area (Å²) in [5.74, 6) is -1.71. The topological polar surface area (TPSA) is 108 Å². The number of aromatic nitrogens is 2. The number of nitrogens with one attached hydrogen (secondary N) is 3. The first-order valence-electron chi connectivity index (χ1n) is 14.6. The summed E-state index contributed by atoms with van der Waals surface area (Å²) in [6.45, 7) is 3.34. The minimum atomic E-state index is -4.58. The van der Waals surface area contributed by atoms with Crippen LogP contribution in [0.3, 0.4) is 0 Å². The van der Waals surface area contributed by atoms with Gasteiger partial charge in [0.2, 0.25) is 11.8 Å². The molecule has 0 aliphatic heterocycles. The Morgan fingerprint density at radius 3 is 2.21 bits per heavy atom. The van der Waals surface area contributed by atoms with Crippen LogP contribution >= 0.6 is 0 Å². The predicted molar refractivity (Wildman–Crippen MR) is 155 cm³/mol. The van der Waals surface area contributed by atoms with Gasteiger partial charge in [-0.25, -0.2) is 4.39 Å². The average Bonchev–Trinajstić information content (AvgIpc) is 3.86. The van der Waals surface area contributed by atoms with E-state index in [4.69, 9.17) is 0 Å². The summed E-state index contributed by atoms with van der Waals surface area (Å²) in [7, 11) is 3.44. The number of benzene rings is 1. The monoisotopic (exact) mass is 610 g/mol. The summed E-state index contributed by atoms with van der Waals surface area (Å²) < 4.78 is 53.7. The third kappa shape index (κ3) is 11.3. The van der Waals surface area contributed by atoms with E-state index >= 15 is 0 Å². The number of carbonyl (C=O) groups excluding carboxylic acids is 3. The Morgan fingerprint density at radius 1 is 1.05 bits per heavy atom. The fourth-order valence-corrected chi connectivity index (χ4v) is 4.62. The van der Waals surface area contributed by atoms with E-state index in [9.17, 15) is 31.9 Å². The second-order valence-corrected chi connectivity index (χ2v) is 11.9. The van der Waals surface area contributed by atoms with Crippen LogP contribution in [0, 0.1) is 17.7 Å². The SMILES string of the molecule is C1CC1CC1CC1.CC(C(=O)NCC(F)(F)F)c1cc(F)c(NC(=O)CNC(=O)c2ccnn2C(C)C)cc1CN(C)C. The maximum atomic E-state index is 14.9. The third-order valence-electron chi connectivity index (χ3n) is 7.17. The molecule has 13 heteroatoms. The molecule has 0 spiro atoms. The first kappa shape index (κ1) is 34.0. The highest BCUT2D eigenvalue weighted by atomic mass is 19.4. The van der Waals surface area contributed by atoms with E-state index in [1.54, 1.807) is 56.4 Å². The van der Waals surface area contributed by atoms with Crippen molar-refractivity contribution in [3.8, 4) is 0 Å². The molecule has 1 unspecified atom stereocenters. The number of amides is 3. The van der Waals surface area contributed by atoms with Gasteiger partial charge >= 0.3 is 6.18 Å². The van der Waals surface area contributed by atoms with Crippen LogP contribution in [0.4, 0.5) is 23.2 Å². The summed E-state index contributed by atoms with van der Waals surface area (Å²) >= 11 is 0. The van der Waals surface area contributed by atoms with Gasteiger partial charge < -0.3 is 20.9 Å². The van der Waals surface area contributed by atoms with Gasteiger partial charge in [-0.3, -0.25) is 19.1 Å². The van der Waals surface area contributed by atoms with Crippen LogP contribution < -0.4 is 16.0 Å². The molecule has 0 bridgehead atoms. The summed E-state index contributed by atoms with van der Waals surface area (Å²) in [6, 6.07) is 3.78. The van der Waals surface area contributed by atoms with Crippen LogP contribution in [0.2, 0.25) is 0 Å². The molecule has 2 aliphatic rings. The van der Waals surface area contributed by atoms with E-state index in [-0.39, 0.29) is 29.5 Å². The minimum Gasteiger partial charge on any atom is -0.346 e. The first-order chi connectivity index (χ1) is 20.1. The lowest BCUT2D eigenvalue weighted by atomic mass is 9.93. The summed E-state index contributed by atoms with van der Waals surface area (Å²) in [6.07, 6.45) is 4.67. The van der Waals surface area contributed by atoms with Crippen LogP contribution in [0.1, 0.15) is 86.5 Å². The molecule has 2 aromatic rings. The molecule has 2 saturated carbocycles. The molecule has 3 N–H and O–H groups in total. The highest BCUT2D eigenvalue weighted by Crippen LogP contribution is 2.43. The highest BCUT2D eigenvalue weighted by Gasteiger charge is 2.31.